The molecule has 0 amide bonds. The molecular weight excluding hydrogens is 326 g/mol. The van der Waals surface area contributed by atoms with Crippen LogP contribution < -0.4 is 5.32 Å². The number of fused-ring (bicyclic) bond motifs is 1. The maximum absolute atomic E-state index is 4.58. The van der Waals surface area contributed by atoms with E-state index >= 15 is 0 Å². The molecule has 132 valence electrons. The van der Waals surface area contributed by atoms with Crippen LogP contribution in [-0.4, -0.2) is 29.4 Å². The van der Waals surface area contributed by atoms with Gasteiger partial charge in [-0.2, -0.15) is 14.7 Å². The van der Waals surface area contributed by atoms with E-state index in [1.807, 2.05) is 41.2 Å². The highest BCUT2D eigenvalue weighted by molar-refractivity contribution is 5.51. The molecule has 1 atom stereocenters. The monoisotopic (exact) mass is 347 g/mol. The Balaban J connectivity index is 1.66. The lowest BCUT2D eigenvalue weighted by atomic mass is 10.0. The molecule has 7 heteroatoms. The van der Waals surface area contributed by atoms with Gasteiger partial charge in [-0.05, 0) is 25.8 Å². The lowest BCUT2D eigenvalue weighted by Crippen LogP contribution is -2.16. The van der Waals surface area contributed by atoms with Crippen molar-refractivity contribution in [2.45, 2.75) is 32.9 Å². The minimum absolute atomic E-state index is 0.120. The smallest absolute Gasteiger partial charge is 0.157 e. The molecule has 0 saturated heterocycles. The van der Waals surface area contributed by atoms with Gasteiger partial charge in [-0.3, -0.25) is 4.68 Å². The van der Waals surface area contributed by atoms with Gasteiger partial charge in [0.05, 0.1) is 11.7 Å². The van der Waals surface area contributed by atoms with E-state index in [-0.39, 0.29) is 6.04 Å². The molecule has 0 saturated carbocycles. The second kappa shape index (κ2) is 6.95. The summed E-state index contributed by atoms with van der Waals surface area (Å²) in [6.07, 6.45) is 4.18. The second-order valence-electron chi connectivity index (χ2n) is 6.39. The first-order valence-corrected chi connectivity index (χ1v) is 8.67. The molecule has 0 aliphatic heterocycles. The van der Waals surface area contributed by atoms with Crippen LogP contribution in [0.3, 0.4) is 0 Å². The average molecular weight is 347 g/mol. The largest absolute Gasteiger partial charge is 0.363 e. The highest BCUT2D eigenvalue weighted by Gasteiger charge is 2.15. The normalized spacial score (nSPS) is 12.4. The summed E-state index contributed by atoms with van der Waals surface area (Å²) in [6, 6.07) is 14.6. The summed E-state index contributed by atoms with van der Waals surface area (Å²) in [5.74, 6) is 0.938. The van der Waals surface area contributed by atoms with E-state index < -0.39 is 0 Å². The van der Waals surface area contributed by atoms with Gasteiger partial charge in [-0.15, -0.1) is 0 Å². The zero-order chi connectivity index (χ0) is 17.9. The Hall–Kier alpha value is -3.22. The van der Waals surface area contributed by atoms with Gasteiger partial charge in [0.1, 0.15) is 18.5 Å². The summed E-state index contributed by atoms with van der Waals surface area (Å²) >= 11 is 0. The number of nitrogens with one attached hydrogen (secondary N) is 1. The molecule has 0 radical (unpaired) electrons. The average Bonchev–Trinajstić information content (AvgIpc) is 3.28. The van der Waals surface area contributed by atoms with Crippen LogP contribution in [0.25, 0.3) is 5.65 Å². The molecule has 0 unspecified atom stereocenters. The summed E-state index contributed by atoms with van der Waals surface area (Å²) < 4.78 is 3.72. The molecule has 3 heterocycles. The van der Waals surface area contributed by atoms with E-state index in [9.17, 15) is 0 Å². The summed E-state index contributed by atoms with van der Waals surface area (Å²) in [4.78, 5) is 8.58. The van der Waals surface area contributed by atoms with Crippen LogP contribution in [0.1, 0.15) is 29.4 Å². The first-order chi connectivity index (χ1) is 12.7. The fourth-order valence-corrected chi connectivity index (χ4v) is 3.11. The first kappa shape index (κ1) is 16.3. The molecule has 4 aromatic rings. The fourth-order valence-electron chi connectivity index (χ4n) is 3.11. The number of rotatable bonds is 6. The number of hydrogen-bond donors (Lipinski definition) is 1. The van der Waals surface area contributed by atoms with Crippen molar-refractivity contribution in [3.8, 4) is 0 Å². The third kappa shape index (κ3) is 3.42. The van der Waals surface area contributed by atoms with Gasteiger partial charge in [0.15, 0.2) is 5.65 Å². The van der Waals surface area contributed by atoms with Crippen LogP contribution in [0.15, 0.2) is 55.1 Å². The summed E-state index contributed by atoms with van der Waals surface area (Å²) in [5.41, 5.74) is 3.99. The van der Waals surface area contributed by atoms with Gasteiger partial charge in [-0.1, -0.05) is 30.3 Å². The third-order valence-electron chi connectivity index (χ3n) is 4.31. The molecule has 0 spiro atoms. The molecule has 0 bridgehead atoms. The van der Waals surface area contributed by atoms with E-state index in [0.29, 0.717) is 0 Å². The Kier molecular flexibility index (Phi) is 4.35. The van der Waals surface area contributed by atoms with Crippen LogP contribution in [0.4, 0.5) is 5.82 Å². The zero-order valence-corrected chi connectivity index (χ0v) is 14.9. The van der Waals surface area contributed by atoms with Gasteiger partial charge in [-0.25, -0.2) is 9.97 Å². The zero-order valence-electron chi connectivity index (χ0n) is 14.9. The molecular formula is C19H21N7. The molecule has 3 aromatic heterocycles. The Morgan fingerprint density at radius 1 is 1.08 bits per heavy atom. The minimum atomic E-state index is 0.120. The predicted octanol–water partition coefficient (Wildman–Crippen LogP) is 3.18. The van der Waals surface area contributed by atoms with Crippen molar-refractivity contribution in [3.05, 3.63) is 72.1 Å². The van der Waals surface area contributed by atoms with Crippen molar-refractivity contribution < 1.29 is 0 Å². The molecule has 1 aromatic carbocycles. The van der Waals surface area contributed by atoms with Crippen LogP contribution in [-0.2, 0) is 6.54 Å². The molecule has 0 fully saturated rings. The third-order valence-corrected chi connectivity index (χ3v) is 4.31. The summed E-state index contributed by atoms with van der Waals surface area (Å²) in [5, 5.41) is 12.4. The number of aromatic nitrogens is 6. The van der Waals surface area contributed by atoms with Crippen molar-refractivity contribution in [1.29, 1.82) is 0 Å². The molecule has 0 aliphatic carbocycles. The van der Waals surface area contributed by atoms with E-state index in [1.165, 1.54) is 5.56 Å². The highest BCUT2D eigenvalue weighted by Crippen LogP contribution is 2.24. The van der Waals surface area contributed by atoms with Crippen molar-refractivity contribution >= 4 is 11.5 Å². The SMILES string of the molecule is Cc1cc(N[C@@H](CCn2cncn2)c2ccccc2)n2nc(C)cc2n1. The second-order valence-corrected chi connectivity index (χ2v) is 6.39. The van der Waals surface area contributed by atoms with Crippen molar-refractivity contribution in [1.82, 2.24) is 29.4 Å². The number of anilines is 1. The van der Waals surface area contributed by atoms with Crippen LogP contribution in [0.2, 0.25) is 0 Å². The van der Waals surface area contributed by atoms with Crippen LogP contribution in [0.5, 0.6) is 0 Å². The number of benzene rings is 1. The van der Waals surface area contributed by atoms with E-state index in [4.69, 9.17) is 0 Å². The Morgan fingerprint density at radius 2 is 1.92 bits per heavy atom. The molecule has 4 rings (SSSR count). The molecule has 7 nitrogen and oxygen atoms in total. The van der Waals surface area contributed by atoms with Gasteiger partial charge >= 0.3 is 0 Å². The maximum Gasteiger partial charge on any atom is 0.157 e. The lowest BCUT2D eigenvalue weighted by molar-refractivity contribution is 0.536. The molecule has 26 heavy (non-hydrogen) atoms. The summed E-state index contributed by atoms with van der Waals surface area (Å²) in [7, 11) is 0. The van der Waals surface area contributed by atoms with Crippen molar-refractivity contribution in [2.24, 2.45) is 0 Å². The maximum atomic E-state index is 4.58. The van der Waals surface area contributed by atoms with Crippen LogP contribution in [0, 0.1) is 13.8 Å². The van der Waals surface area contributed by atoms with Gasteiger partial charge < -0.3 is 5.32 Å². The Morgan fingerprint density at radius 3 is 2.69 bits per heavy atom. The molecule has 1 N–H and O–H groups in total. The minimum Gasteiger partial charge on any atom is -0.363 e. The van der Waals surface area contributed by atoms with E-state index in [1.54, 1.807) is 12.7 Å². The van der Waals surface area contributed by atoms with Gasteiger partial charge in [0.25, 0.3) is 0 Å². The van der Waals surface area contributed by atoms with E-state index in [2.05, 4.69) is 49.7 Å². The number of hydrogen-bond acceptors (Lipinski definition) is 5. The Bertz CT molecular complexity index is 990. The lowest BCUT2D eigenvalue weighted by Gasteiger charge is -2.21. The molecule has 0 aliphatic rings. The number of nitrogens with zero attached hydrogens (tertiary/aromatic N) is 6. The predicted molar refractivity (Wildman–Crippen MR) is 99.9 cm³/mol. The van der Waals surface area contributed by atoms with Crippen LogP contribution >= 0.6 is 0 Å². The van der Waals surface area contributed by atoms with Gasteiger partial charge in [0, 0.05) is 24.4 Å². The Labute approximate surface area is 151 Å². The topological polar surface area (TPSA) is 72.9 Å². The van der Waals surface area contributed by atoms with Crippen molar-refractivity contribution in [2.75, 3.05) is 5.32 Å². The standard InChI is InChI=1S/C19H21N7/c1-14-10-19(26-18(22-14)11-15(2)24-26)23-17(16-6-4-3-5-7-16)8-9-25-13-20-12-21-25/h3-7,10-13,17,23H,8-9H2,1-2H3/t17-/m0/s1. The number of aryl methyl sites for hydroxylation is 3. The van der Waals surface area contributed by atoms with E-state index in [0.717, 1.165) is 35.8 Å². The first-order valence-electron chi connectivity index (χ1n) is 8.67. The van der Waals surface area contributed by atoms with Crippen molar-refractivity contribution in [3.63, 3.8) is 0 Å². The van der Waals surface area contributed by atoms with Gasteiger partial charge in [0.2, 0.25) is 0 Å². The fraction of sp³-hybridized carbons (Fsp3) is 0.263. The summed E-state index contributed by atoms with van der Waals surface area (Å²) in [6.45, 7) is 4.76. The quantitative estimate of drug-likeness (QED) is 0.580. The highest BCUT2D eigenvalue weighted by atomic mass is 15.3.